The van der Waals surface area contributed by atoms with Gasteiger partial charge in [-0.25, -0.2) is 13.2 Å². The van der Waals surface area contributed by atoms with Crippen LogP contribution in [-0.2, 0) is 4.74 Å². The highest BCUT2D eigenvalue weighted by molar-refractivity contribution is 7.99. The minimum absolute atomic E-state index is 0.0444. The molecule has 0 heterocycles. The summed E-state index contributed by atoms with van der Waals surface area (Å²) in [6.45, 7) is 9.90. The molecule has 0 aromatic heterocycles. The van der Waals surface area contributed by atoms with Crippen LogP contribution in [0.25, 0.3) is 0 Å². The summed E-state index contributed by atoms with van der Waals surface area (Å²) in [5.41, 5.74) is 0.339. The number of hydrogen-bond acceptors (Lipinski definition) is 6. The van der Waals surface area contributed by atoms with Gasteiger partial charge in [0, 0.05) is 4.75 Å². The molecule has 1 aliphatic rings. The first kappa shape index (κ1) is 27.9. The summed E-state index contributed by atoms with van der Waals surface area (Å²) >= 11 is 1.21. The van der Waals surface area contributed by atoms with E-state index in [9.17, 15) is 18.3 Å². The number of hydrogen-bond donors (Lipinski definition) is 4. The molecule has 1 saturated carbocycles. The third kappa shape index (κ3) is 7.79. The van der Waals surface area contributed by atoms with Crippen molar-refractivity contribution in [3.05, 3.63) is 65.0 Å². The second kappa shape index (κ2) is 12.8. The number of aliphatic hydroxyl groups is 2. The number of allylic oxidation sites excluding steroid dienone is 3. The molecule has 0 aliphatic heterocycles. The monoisotopic (exact) mass is 474 g/mol. The van der Waals surface area contributed by atoms with Gasteiger partial charge in [-0.15, -0.1) is 0 Å². The topological polar surface area (TPSA) is 73.8 Å². The number of rotatable bonds is 11. The molecule has 0 amide bonds. The van der Waals surface area contributed by atoms with Crippen LogP contribution in [0.15, 0.2) is 53.6 Å². The molecule has 0 spiro atoms. The van der Waals surface area contributed by atoms with Gasteiger partial charge in [-0.05, 0) is 62.8 Å². The number of halogens is 3. The lowest BCUT2D eigenvalue weighted by molar-refractivity contribution is 0.0864. The molecule has 1 atom stereocenters. The normalized spacial score (nSPS) is 16.6. The number of aryl methyl sites for hydroxylation is 1. The van der Waals surface area contributed by atoms with Crippen LogP contribution in [0, 0.1) is 12.7 Å². The number of methoxy groups -OCH3 is 1. The van der Waals surface area contributed by atoms with Gasteiger partial charge in [-0.1, -0.05) is 26.5 Å². The van der Waals surface area contributed by atoms with Crippen LogP contribution in [0.4, 0.5) is 18.9 Å². The molecular formula is C23H33F3N2O3S. The summed E-state index contributed by atoms with van der Waals surface area (Å²) in [6, 6.07) is 4.33. The molecular weight excluding hydrogens is 441 g/mol. The minimum Gasteiger partial charge on any atom is -0.499 e. The first-order valence-electron chi connectivity index (χ1n) is 10.4. The maximum absolute atomic E-state index is 14.7. The van der Waals surface area contributed by atoms with Crippen molar-refractivity contribution >= 4 is 17.6 Å². The van der Waals surface area contributed by atoms with Crippen LogP contribution in [0.1, 0.15) is 45.6 Å². The van der Waals surface area contributed by atoms with E-state index in [4.69, 9.17) is 9.84 Å². The van der Waals surface area contributed by atoms with Gasteiger partial charge in [0.25, 0.3) is 0 Å². The molecule has 1 unspecified atom stereocenters. The lowest BCUT2D eigenvalue weighted by Crippen LogP contribution is -2.25. The van der Waals surface area contributed by atoms with E-state index in [0.29, 0.717) is 12.0 Å². The molecule has 1 aromatic rings. The van der Waals surface area contributed by atoms with E-state index in [1.54, 1.807) is 19.9 Å². The predicted octanol–water partition coefficient (Wildman–Crippen LogP) is 5.63. The van der Waals surface area contributed by atoms with Gasteiger partial charge in [-0.2, -0.15) is 0 Å². The van der Waals surface area contributed by atoms with E-state index in [-0.39, 0.29) is 34.2 Å². The molecule has 2 rings (SSSR count). The fourth-order valence-electron chi connectivity index (χ4n) is 2.76. The van der Waals surface area contributed by atoms with E-state index in [2.05, 4.69) is 16.6 Å². The van der Waals surface area contributed by atoms with Gasteiger partial charge in [0.05, 0.1) is 25.5 Å². The van der Waals surface area contributed by atoms with Crippen molar-refractivity contribution in [3.8, 4) is 0 Å². The maximum atomic E-state index is 14.7. The van der Waals surface area contributed by atoms with Gasteiger partial charge in [0.15, 0.2) is 11.7 Å². The predicted molar refractivity (Wildman–Crippen MR) is 125 cm³/mol. The van der Waals surface area contributed by atoms with Gasteiger partial charge < -0.3 is 25.0 Å². The molecule has 1 aliphatic carbocycles. The molecule has 9 heteroatoms. The Balaban J connectivity index is 0.00000249. The Morgan fingerprint density at radius 2 is 1.91 bits per heavy atom. The lowest BCUT2D eigenvalue weighted by Gasteiger charge is -2.23. The summed E-state index contributed by atoms with van der Waals surface area (Å²) in [5.74, 6) is -3.02. The van der Waals surface area contributed by atoms with Crippen LogP contribution in [0.2, 0.25) is 0 Å². The Kier molecular flexibility index (Phi) is 11.2. The third-order valence-corrected chi connectivity index (χ3v) is 6.06. The lowest BCUT2D eigenvalue weighted by atomic mass is 10.2. The number of nitrogens with one attached hydrogen (secondary N) is 2. The van der Waals surface area contributed by atoms with Crippen LogP contribution < -0.4 is 10.0 Å². The number of benzene rings is 1. The minimum atomic E-state index is -1.32. The molecule has 0 bridgehead atoms. The summed E-state index contributed by atoms with van der Waals surface area (Å²) in [7, 11) is 1.37. The maximum Gasteiger partial charge on any atom is 0.183 e. The summed E-state index contributed by atoms with van der Waals surface area (Å²) in [4.78, 5) is 0. The Morgan fingerprint density at radius 1 is 1.28 bits per heavy atom. The van der Waals surface area contributed by atoms with Gasteiger partial charge in [0.2, 0.25) is 0 Å². The van der Waals surface area contributed by atoms with E-state index in [0.717, 1.165) is 12.8 Å². The van der Waals surface area contributed by atoms with Crippen molar-refractivity contribution in [1.82, 2.24) is 4.72 Å². The fraction of sp³-hybridized carbons (Fsp3) is 0.478. The first-order chi connectivity index (χ1) is 15.1. The van der Waals surface area contributed by atoms with E-state index < -0.39 is 23.6 Å². The summed E-state index contributed by atoms with van der Waals surface area (Å²) in [6.07, 6.45) is 1.00. The largest absolute Gasteiger partial charge is 0.499 e. The SMILES string of the molecule is C=C(F)/C(F)=C(Nc1ccc(C)cc1F)\C(NSC1(CC(O)CO)CC1)=C(/C)OC.CC. The molecule has 0 saturated heterocycles. The third-order valence-electron chi connectivity index (χ3n) is 4.75. The van der Waals surface area contributed by atoms with E-state index >= 15 is 0 Å². The Bertz CT molecular complexity index is 855. The number of aliphatic hydroxyl groups excluding tert-OH is 2. The summed E-state index contributed by atoms with van der Waals surface area (Å²) < 4.78 is 50.7. The molecule has 1 fully saturated rings. The highest BCUT2D eigenvalue weighted by Gasteiger charge is 2.45. The van der Waals surface area contributed by atoms with Crippen LogP contribution in [-0.4, -0.2) is 34.8 Å². The quantitative estimate of drug-likeness (QED) is 0.189. The van der Waals surface area contributed by atoms with Crippen molar-refractivity contribution < 1.29 is 28.1 Å². The van der Waals surface area contributed by atoms with Gasteiger partial charge in [-0.3, -0.25) is 0 Å². The molecule has 4 N–H and O–H groups in total. The molecule has 0 radical (unpaired) electrons. The molecule has 1 aromatic carbocycles. The van der Waals surface area contributed by atoms with E-state index in [1.165, 1.54) is 31.2 Å². The molecule has 32 heavy (non-hydrogen) atoms. The van der Waals surface area contributed by atoms with Gasteiger partial charge in [0.1, 0.15) is 23.0 Å². The zero-order chi connectivity index (χ0) is 24.5. The van der Waals surface area contributed by atoms with Crippen molar-refractivity contribution in [3.63, 3.8) is 0 Å². The van der Waals surface area contributed by atoms with Crippen LogP contribution in [0.5, 0.6) is 0 Å². The van der Waals surface area contributed by atoms with Crippen molar-refractivity contribution in [2.45, 2.75) is 57.8 Å². The van der Waals surface area contributed by atoms with Crippen molar-refractivity contribution in [1.29, 1.82) is 0 Å². The van der Waals surface area contributed by atoms with Crippen molar-refractivity contribution in [2.24, 2.45) is 0 Å². The Morgan fingerprint density at radius 3 is 2.38 bits per heavy atom. The first-order valence-corrected chi connectivity index (χ1v) is 11.2. The highest BCUT2D eigenvalue weighted by atomic mass is 32.2. The summed E-state index contributed by atoms with van der Waals surface area (Å²) in [5, 5.41) is 21.5. The zero-order valence-electron chi connectivity index (χ0n) is 19.2. The zero-order valence-corrected chi connectivity index (χ0v) is 20.0. The van der Waals surface area contributed by atoms with Crippen LogP contribution >= 0.6 is 11.9 Å². The molecule has 180 valence electrons. The average molecular weight is 475 g/mol. The average Bonchev–Trinajstić information content (AvgIpc) is 3.54. The highest BCUT2D eigenvalue weighted by Crippen LogP contribution is 2.51. The molecule has 5 nitrogen and oxygen atoms in total. The van der Waals surface area contributed by atoms with Crippen LogP contribution in [0.3, 0.4) is 0 Å². The standard InChI is InChI=1S/C21H27F3N2O3S.C2H6/c1-12-5-6-17(16(23)9-12)25-20(18(24)13(2)22)19(14(3)29-4)26-30-21(7-8-21)10-15(28)11-27;1-2/h5-6,9,15,25-28H,2,7-8,10-11H2,1,3-4H3;1-2H3/b19-14-,20-18-;. The Hall–Kier alpha value is -2.10. The van der Waals surface area contributed by atoms with Gasteiger partial charge >= 0.3 is 0 Å². The van der Waals surface area contributed by atoms with E-state index in [1.807, 2.05) is 13.8 Å². The second-order valence-corrected chi connectivity index (χ2v) is 8.54. The number of ether oxygens (including phenoxy) is 1. The van der Waals surface area contributed by atoms with Crippen molar-refractivity contribution in [2.75, 3.05) is 19.0 Å². The number of anilines is 1. The smallest absolute Gasteiger partial charge is 0.183 e. The Labute approximate surface area is 192 Å². The second-order valence-electron chi connectivity index (χ2n) is 7.27. The fourth-order valence-corrected chi connectivity index (χ4v) is 3.91.